The number of hydrogen-bond acceptors (Lipinski definition) is 4. The summed E-state index contributed by atoms with van der Waals surface area (Å²) in [5.74, 6) is 0. The van der Waals surface area contributed by atoms with Crippen LogP contribution in [0.1, 0.15) is 30.4 Å². The molecule has 0 amide bonds. The fourth-order valence-corrected chi connectivity index (χ4v) is 5.03. The molecular weight excluding hydrogens is 286 g/mol. The lowest BCUT2D eigenvalue weighted by Crippen LogP contribution is -2.42. The molecule has 21 heavy (non-hydrogen) atoms. The van der Waals surface area contributed by atoms with Gasteiger partial charge in [-0.25, -0.2) is 13.1 Å². The molecule has 0 radical (unpaired) electrons. The molecule has 0 aliphatic carbocycles. The Hall–Kier alpha value is -1.11. The number of nitrogens with two attached hydrogens (primary N) is 1. The van der Waals surface area contributed by atoms with Crippen molar-refractivity contribution in [2.24, 2.45) is 0 Å². The summed E-state index contributed by atoms with van der Waals surface area (Å²) in [6.07, 6.45) is 3.12. The van der Waals surface area contributed by atoms with Crippen LogP contribution in [0.4, 0.5) is 5.69 Å². The van der Waals surface area contributed by atoms with Crippen LogP contribution < -0.4 is 10.5 Å². The number of aryl methyl sites for hydroxylation is 2. The molecule has 0 saturated carbocycles. The van der Waals surface area contributed by atoms with Gasteiger partial charge in [-0.05, 0) is 62.9 Å². The van der Waals surface area contributed by atoms with Gasteiger partial charge in [0.25, 0.3) is 0 Å². The topological polar surface area (TPSA) is 75.4 Å². The van der Waals surface area contributed by atoms with E-state index < -0.39 is 10.0 Å². The average Bonchev–Trinajstić information content (AvgIpc) is 2.98. The maximum Gasteiger partial charge on any atom is 0.242 e. The third kappa shape index (κ3) is 2.67. The van der Waals surface area contributed by atoms with Gasteiger partial charge in [-0.1, -0.05) is 0 Å². The molecular formula is C15H23N3O2S. The molecule has 2 aliphatic rings. The third-order valence-corrected chi connectivity index (χ3v) is 6.37. The van der Waals surface area contributed by atoms with Crippen molar-refractivity contribution in [3.63, 3.8) is 0 Å². The number of benzene rings is 1. The number of rotatable bonds is 3. The van der Waals surface area contributed by atoms with Crippen molar-refractivity contribution in [3.05, 3.63) is 23.3 Å². The molecule has 5 nitrogen and oxygen atoms in total. The Balaban J connectivity index is 1.86. The molecule has 3 N–H and O–H groups in total. The van der Waals surface area contributed by atoms with Crippen LogP contribution in [0.3, 0.4) is 0 Å². The van der Waals surface area contributed by atoms with E-state index in [4.69, 9.17) is 5.73 Å². The average molecular weight is 309 g/mol. The number of nitrogen functional groups attached to an aromatic ring is 1. The lowest BCUT2D eigenvalue weighted by atomic mass is 10.1. The van der Waals surface area contributed by atoms with E-state index in [0.29, 0.717) is 11.7 Å². The van der Waals surface area contributed by atoms with E-state index >= 15 is 0 Å². The minimum Gasteiger partial charge on any atom is -0.398 e. The van der Waals surface area contributed by atoms with Crippen LogP contribution in [0.15, 0.2) is 17.0 Å². The zero-order valence-corrected chi connectivity index (χ0v) is 13.4. The van der Waals surface area contributed by atoms with Gasteiger partial charge in [0, 0.05) is 18.6 Å². The summed E-state index contributed by atoms with van der Waals surface area (Å²) in [5, 5.41) is 0. The lowest BCUT2D eigenvalue weighted by molar-refractivity contribution is 0.309. The number of hydrogen-bond donors (Lipinski definition) is 2. The van der Waals surface area contributed by atoms with Gasteiger partial charge in [-0.3, -0.25) is 4.90 Å². The van der Waals surface area contributed by atoms with Crippen LogP contribution >= 0.6 is 0 Å². The normalized spacial score (nSPS) is 26.2. The standard InChI is InChI=1S/C15H23N3O2S/c1-10-8-12(16)15(9-11(10)2)21(19,20)17-13-5-7-18-6-3-4-14(13)18/h8-9,13-14,17H,3-7,16H2,1-2H3. The van der Waals surface area contributed by atoms with Gasteiger partial charge >= 0.3 is 0 Å². The zero-order valence-electron chi connectivity index (χ0n) is 12.6. The molecule has 2 atom stereocenters. The van der Waals surface area contributed by atoms with Crippen LogP contribution in [0.5, 0.6) is 0 Å². The van der Waals surface area contributed by atoms with E-state index in [9.17, 15) is 8.42 Å². The number of anilines is 1. The summed E-state index contributed by atoms with van der Waals surface area (Å²) in [4.78, 5) is 2.60. The van der Waals surface area contributed by atoms with Crippen molar-refractivity contribution in [2.75, 3.05) is 18.8 Å². The predicted molar refractivity (Wildman–Crippen MR) is 83.6 cm³/mol. The van der Waals surface area contributed by atoms with Gasteiger partial charge in [0.1, 0.15) is 4.90 Å². The first-order valence-electron chi connectivity index (χ1n) is 7.51. The Labute approximate surface area is 126 Å². The Morgan fingerprint density at radius 2 is 1.90 bits per heavy atom. The molecule has 6 heteroatoms. The predicted octanol–water partition coefficient (Wildman–Crippen LogP) is 1.40. The van der Waals surface area contributed by atoms with Gasteiger partial charge in [-0.2, -0.15) is 0 Å². The van der Waals surface area contributed by atoms with Gasteiger partial charge < -0.3 is 5.73 Å². The van der Waals surface area contributed by atoms with Crippen LogP contribution in [0.2, 0.25) is 0 Å². The van der Waals surface area contributed by atoms with Crippen molar-refractivity contribution in [1.29, 1.82) is 0 Å². The second-order valence-corrected chi connectivity index (χ2v) is 7.92. The molecule has 2 heterocycles. The van der Waals surface area contributed by atoms with Crippen LogP contribution in [0.25, 0.3) is 0 Å². The Morgan fingerprint density at radius 3 is 2.67 bits per heavy atom. The smallest absolute Gasteiger partial charge is 0.242 e. The molecule has 2 aliphatic heterocycles. The first kappa shape index (κ1) is 14.8. The van der Waals surface area contributed by atoms with Crippen molar-refractivity contribution >= 4 is 15.7 Å². The van der Waals surface area contributed by atoms with E-state index in [0.717, 1.165) is 43.5 Å². The van der Waals surface area contributed by atoms with Gasteiger partial charge in [0.15, 0.2) is 0 Å². The highest BCUT2D eigenvalue weighted by molar-refractivity contribution is 7.89. The van der Waals surface area contributed by atoms with E-state index in [1.807, 2.05) is 13.8 Å². The maximum absolute atomic E-state index is 12.7. The molecule has 116 valence electrons. The molecule has 3 rings (SSSR count). The van der Waals surface area contributed by atoms with E-state index in [2.05, 4.69) is 9.62 Å². The Bertz CT molecular complexity index is 657. The van der Waals surface area contributed by atoms with Crippen molar-refractivity contribution in [3.8, 4) is 0 Å². The molecule has 2 fully saturated rings. The Kier molecular flexibility index (Phi) is 3.71. The van der Waals surface area contributed by atoms with Gasteiger partial charge in [0.2, 0.25) is 10.0 Å². The fraction of sp³-hybridized carbons (Fsp3) is 0.600. The summed E-state index contributed by atoms with van der Waals surface area (Å²) < 4.78 is 28.2. The second-order valence-electron chi connectivity index (χ2n) is 6.24. The monoisotopic (exact) mass is 309 g/mol. The first-order valence-corrected chi connectivity index (χ1v) is 9.00. The van der Waals surface area contributed by atoms with Crippen LogP contribution in [-0.2, 0) is 10.0 Å². The molecule has 1 aromatic carbocycles. The lowest BCUT2D eigenvalue weighted by Gasteiger charge is -2.22. The highest BCUT2D eigenvalue weighted by Gasteiger charge is 2.39. The summed E-state index contributed by atoms with van der Waals surface area (Å²) in [5.41, 5.74) is 8.21. The second kappa shape index (κ2) is 5.26. The molecule has 0 spiro atoms. The quantitative estimate of drug-likeness (QED) is 0.828. The Morgan fingerprint density at radius 1 is 1.19 bits per heavy atom. The minimum atomic E-state index is -3.55. The first-order chi connectivity index (χ1) is 9.88. The van der Waals surface area contributed by atoms with Crippen LogP contribution in [-0.4, -0.2) is 38.5 Å². The third-order valence-electron chi connectivity index (χ3n) is 4.83. The highest BCUT2D eigenvalue weighted by atomic mass is 32.2. The van der Waals surface area contributed by atoms with E-state index in [1.54, 1.807) is 12.1 Å². The van der Waals surface area contributed by atoms with Crippen molar-refractivity contribution in [1.82, 2.24) is 9.62 Å². The largest absolute Gasteiger partial charge is 0.398 e. The summed E-state index contributed by atoms with van der Waals surface area (Å²) in [6.45, 7) is 5.92. The number of fused-ring (bicyclic) bond motifs is 1. The molecule has 0 aromatic heterocycles. The van der Waals surface area contributed by atoms with Crippen LogP contribution in [0, 0.1) is 13.8 Å². The van der Waals surface area contributed by atoms with Crippen molar-refractivity contribution in [2.45, 2.75) is 50.1 Å². The molecule has 1 aromatic rings. The zero-order chi connectivity index (χ0) is 15.2. The van der Waals surface area contributed by atoms with Gasteiger partial charge in [-0.15, -0.1) is 0 Å². The van der Waals surface area contributed by atoms with E-state index in [1.165, 1.54) is 0 Å². The summed E-state index contributed by atoms with van der Waals surface area (Å²) in [7, 11) is -3.55. The number of sulfonamides is 1. The molecule has 2 saturated heterocycles. The minimum absolute atomic E-state index is 0.0125. The molecule has 0 bridgehead atoms. The SMILES string of the molecule is Cc1cc(N)c(S(=O)(=O)NC2CCN3CCCC23)cc1C. The fourth-order valence-electron chi connectivity index (χ4n) is 3.53. The molecule has 2 unspecified atom stereocenters. The summed E-state index contributed by atoms with van der Waals surface area (Å²) in [6, 6.07) is 3.78. The number of nitrogens with one attached hydrogen (secondary N) is 1. The van der Waals surface area contributed by atoms with Crippen molar-refractivity contribution < 1.29 is 8.42 Å². The maximum atomic E-state index is 12.7. The number of nitrogens with zero attached hydrogens (tertiary/aromatic N) is 1. The van der Waals surface area contributed by atoms with Gasteiger partial charge in [0.05, 0.1) is 5.69 Å². The highest BCUT2D eigenvalue weighted by Crippen LogP contribution is 2.30. The summed E-state index contributed by atoms with van der Waals surface area (Å²) >= 11 is 0. The van der Waals surface area contributed by atoms with E-state index in [-0.39, 0.29) is 10.9 Å².